The first kappa shape index (κ1) is 17.4. The molecule has 1 unspecified atom stereocenters. The molecule has 0 radical (unpaired) electrons. The average molecular weight is 314 g/mol. The Morgan fingerprint density at radius 2 is 1.95 bits per heavy atom. The van der Waals surface area contributed by atoms with Crippen LogP contribution in [0.4, 0.5) is 5.69 Å². The van der Waals surface area contributed by atoms with Gasteiger partial charge in [-0.2, -0.15) is 0 Å². The van der Waals surface area contributed by atoms with Crippen molar-refractivity contribution in [3.05, 3.63) is 29.8 Å². The Labute approximate surface area is 130 Å². The smallest absolute Gasteiger partial charge is 0.254 e. The first-order chi connectivity index (χ1) is 9.58. The maximum atomic E-state index is 11.9. The normalized spacial score (nSPS) is 17.5. The Morgan fingerprint density at radius 3 is 2.48 bits per heavy atom. The number of rotatable bonds is 3. The maximum absolute atomic E-state index is 11.9. The second kappa shape index (κ2) is 7.97. The van der Waals surface area contributed by atoms with Gasteiger partial charge in [0.1, 0.15) is 6.10 Å². The van der Waals surface area contributed by atoms with E-state index in [1.165, 1.54) is 4.90 Å². The van der Waals surface area contributed by atoms with Crippen molar-refractivity contribution in [3.63, 3.8) is 0 Å². The Morgan fingerprint density at radius 1 is 1.29 bits per heavy atom. The molecule has 2 amide bonds. The second-order valence-electron chi connectivity index (χ2n) is 4.83. The molecule has 0 saturated carbocycles. The minimum Gasteiger partial charge on any atom is -0.366 e. The van der Waals surface area contributed by atoms with Crippen LogP contribution >= 0.6 is 12.4 Å². The summed E-state index contributed by atoms with van der Waals surface area (Å²) < 4.78 is 5.37. The molecule has 21 heavy (non-hydrogen) atoms. The lowest BCUT2D eigenvalue weighted by Crippen LogP contribution is -2.45. The lowest BCUT2D eigenvalue weighted by molar-refractivity contribution is -0.128. The molecule has 6 nitrogen and oxygen atoms in total. The number of carbonyl (C=O) groups is 2. The highest BCUT2D eigenvalue weighted by Gasteiger charge is 2.21. The molecular formula is C14H20ClN3O3. The number of hydrogen-bond donors (Lipinski definition) is 2. The van der Waals surface area contributed by atoms with Gasteiger partial charge in [-0.3, -0.25) is 9.59 Å². The molecular weight excluding hydrogens is 294 g/mol. The molecule has 1 aromatic rings. The van der Waals surface area contributed by atoms with E-state index >= 15 is 0 Å². The minimum atomic E-state index is -0.466. The van der Waals surface area contributed by atoms with Crippen molar-refractivity contribution in [1.82, 2.24) is 10.2 Å². The van der Waals surface area contributed by atoms with Gasteiger partial charge in [-0.15, -0.1) is 12.4 Å². The second-order valence-corrected chi connectivity index (χ2v) is 4.83. The molecule has 0 bridgehead atoms. The third-order valence-electron chi connectivity index (χ3n) is 3.03. The first-order valence-corrected chi connectivity index (χ1v) is 6.53. The largest absolute Gasteiger partial charge is 0.366 e. The molecule has 116 valence electrons. The molecule has 2 rings (SSSR count). The highest BCUT2D eigenvalue weighted by atomic mass is 35.5. The van der Waals surface area contributed by atoms with Crippen molar-refractivity contribution in [2.24, 2.45) is 0 Å². The summed E-state index contributed by atoms with van der Waals surface area (Å²) in [6, 6.07) is 6.81. The summed E-state index contributed by atoms with van der Waals surface area (Å²) in [6.07, 6.45) is -0.466. The zero-order chi connectivity index (χ0) is 14.5. The third kappa shape index (κ3) is 4.70. The third-order valence-corrected chi connectivity index (χ3v) is 3.03. The minimum absolute atomic E-state index is 0. The summed E-state index contributed by atoms with van der Waals surface area (Å²) in [5.41, 5.74) is 1.24. The SMILES string of the molecule is CN(C)C(=O)c1ccc(NC(=O)C2CNCCO2)cc1.Cl. The maximum Gasteiger partial charge on any atom is 0.254 e. The van der Waals surface area contributed by atoms with E-state index in [9.17, 15) is 9.59 Å². The van der Waals surface area contributed by atoms with Crippen LogP contribution in [0.5, 0.6) is 0 Å². The van der Waals surface area contributed by atoms with Crippen LogP contribution in [0.25, 0.3) is 0 Å². The molecule has 1 aliphatic rings. The molecule has 0 spiro atoms. The van der Waals surface area contributed by atoms with Gasteiger partial charge in [0.05, 0.1) is 6.61 Å². The fourth-order valence-corrected chi connectivity index (χ4v) is 1.91. The van der Waals surface area contributed by atoms with Gasteiger partial charge in [0.15, 0.2) is 0 Å². The van der Waals surface area contributed by atoms with E-state index in [-0.39, 0.29) is 24.2 Å². The number of ether oxygens (including phenoxy) is 1. The molecule has 1 aromatic carbocycles. The van der Waals surface area contributed by atoms with E-state index < -0.39 is 6.10 Å². The van der Waals surface area contributed by atoms with E-state index in [0.29, 0.717) is 24.4 Å². The number of anilines is 1. The predicted octanol–water partition coefficient (Wildman–Crippen LogP) is 0.737. The molecule has 1 aliphatic heterocycles. The van der Waals surface area contributed by atoms with Crippen molar-refractivity contribution >= 4 is 29.9 Å². The summed E-state index contributed by atoms with van der Waals surface area (Å²) in [5, 5.41) is 5.88. The fraction of sp³-hybridized carbons (Fsp3) is 0.429. The predicted molar refractivity (Wildman–Crippen MR) is 82.9 cm³/mol. The Kier molecular flexibility index (Phi) is 6.61. The Hall–Kier alpha value is -1.63. The monoisotopic (exact) mass is 313 g/mol. The fourth-order valence-electron chi connectivity index (χ4n) is 1.91. The first-order valence-electron chi connectivity index (χ1n) is 6.53. The van der Waals surface area contributed by atoms with Crippen LogP contribution in [0.3, 0.4) is 0 Å². The van der Waals surface area contributed by atoms with E-state index in [4.69, 9.17) is 4.74 Å². The van der Waals surface area contributed by atoms with Crippen molar-refractivity contribution < 1.29 is 14.3 Å². The lowest BCUT2D eigenvalue weighted by atomic mass is 10.2. The average Bonchev–Trinajstić information content (AvgIpc) is 2.48. The van der Waals surface area contributed by atoms with E-state index in [1.54, 1.807) is 38.4 Å². The van der Waals surface area contributed by atoms with E-state index in [2.05, 4.69) is 10.6 Å². The number of nitrogens with zero attached hydrogens (tertiary/aromatic N) is 1. The van der Waals surface area contributed by atoms with Crippen LogP contribution < -0.4 is 10.6 Å². The van der Waals surface area contributed by atoms with E-state index in [1.807, 2.05) is 0 Å². The molecule has 0 aromatic heterocycles. The zero-order valence-corrected chi connectivity index (χ0v) is 12.9. The highest BCUT2D eigenvalue weighted by Crippen LogP contribution is 2.12. The van der Waals surface area contributed by atoms with Gasteiger partial charge in [-0.05, 0) is 24.3 Å². The highest BCUT2D eigenvalue weighted by molar-refractivity contribution is 5.96. The molecule has 1 heterocycles. The van der Waals surface area contributed by atoms with E-state index in [0.717, 1.165) is 6.54 Å². The van der Waals surface area contributed by atoms with Crippen LogP contribution in [0.15, 0.2) is 24.3 Å². The Balaban J connectivity index is 0.00000220. The van der Waals surface area contributed by atoms with Crippen molar-refractivity contribution in [3.8, 4) is 0 Å². The molecule has 1 fully saturated rings. The molecule has 2 N–H and O–H groups in total. The molecule has 7 heteroatoms. The number of nitrogens with one attached hydrogen (secondary N) is 2. The standard InChI is InChI=1S/C14H19N3O3.ClH/c1-17(2)14(19)10-3-5-11(6-4-10)16-13(18)12-9-15-7-8-20-12;/h3-6,12,15H,7-9H2,1-2H3,(H,16,18);1H. The number of hydrogen-bond acceptors (Lipinski definition) is 4. The lowest BCUT2D eigenvalue weighted by Gasteiger charge is -2.22. The van der Waals surface area contributed by atoms with Crippen LogP contribution in [0.1, 0.15) is 10.4 Å². The number of halogens is 1. The summed E-state index contributed by atoms with van der Waals surface area (Å²) in [6.45, 7) is 1.82. The van der Waals surface area contributed by atoms with Crippen LogP contribution in [0, 0.1) is 0 Å². The number of carbonyl (C=O) groups excluding carboxylic acids is 2. The molecule has 1 atom stereocenters. The van der Waals surface area contributed by atoms with Gasteiger partial charge >= 0.3 is 0 Å². The van der Waals surface area contributed by atoms with Gasteiger partial charge in [-0.1, -0.05) is 0 Å². The van der Waals surface area contributed by atoms with Crippen LogP contribution in [-0.2, 0) is 9.53 Å². The van der Waals surface area contributed by atoms with Gasteiger partial charge in [0.2, 0.25) is 0 Å². The number of amides is 2. The van der Waals surface area contributed by atoms with Gasteiger partial charge < -0.3 is 20.3 Å². The number of morpholine rings is 1. The molecule has 1 saturated heterocycles. The van der Waals surface area contributed by atoms with Crippen molar-refractivity contribution in [2.45, 2.75) is 6.10 Å². The van der Waals surface area contributed by atoms with Crippen LogP contribution in [-0.4, -0.2) is 56.6 Å². The zero-order valence-electron chi connectivity index (χ0n) is 12.1. The van der Waals surface area contributed by atoms with Gasteiger partial charge in [-0.25, -0.2) is 0 Å². The summed E-state index contributed by atoms with van der Waals surface area (Å²) in [5.74, 6) is -0.244. The van der Waals surface area contributed by atoms with Crippen molar-refractivity contribution in [2.75, 3.05) is 39.1 Å². The summed E-state index contributed by atoms with van der Waals surface area (Å²) in [7, 11) is 3.40. The van der Waals surface area contributed by atoms with Gasteiger partial charge in [0, 0.05) is 38.4 Å². The topological polar surface area (TPSA) is 70.7 Å². The summed E-state index contributed by atoms with van der Waals surface area (Å²) >= 11 is 0. The summed E-state index contributed by atoms with van der Waals surface area (Å²) in [4.78, 5) is 25.2. The Bertz CT molecular complexity index is 485. The number of benzene rings is 1. The van der Waals surface area contributed by atoms with Crippen LogP contribution in [0.2, 0.25) is 0 Å². The quantitative estimate of drug-likeness (QED) is 0.863. The van der Waals surface area contributed by atoms with Gasteiger partial charge in [0.25, 0.3) is 11.8 Å². The molecule has 0 aliphatic carbocycles. The van der Waals surface area contributed by atoms with Crippen molar-refractivity contribution in [1.29, 1.82) is 0 Å².